The van der Waals surface area contributed by atoms with Crippen LogP contribution in [0.15, 0.2) is 24.4 Å². The number of pyridine rings is 1. The van der Waals surface area contributed by atoms with Crippen molar-refractivity contribution in [2.24, 2.45) is 0 Å². The lowest BCUT2D eigenvalue weighted by atomic mass is 10.3. The number of piperazine rings is 1. The number of hydrogen-bond donors (Lipinski definition) is 1. The van der Waals surface area contributed by atoms with Crippen molar-refractivity contribution in [1.82, 2.24) is 20.1 Å². The number of nitrogens with zero attached hydrogens (tertiary/aromatic N) is 3. The minimum Gasteiger partial charge on any atom is -0.342 e. The van der Waals surface area contributed by atoms with Gasteiger partial charge in [-0.2, -0.15) is 0 Å². The third-order valence-electron chi connectivity index (χ3n) is 3.46. The molecule has 2 rings (SSSR count). The van der Waals surface area contributed by atoms with E-state index < -0.39 is 11.8 Å². The molecular weight excluding hydrogens is 256 g/mol. The molecule has 1 fully saturated rings. The predicted molar refractivity (Wildman–Crippen MR) is 74.8 cm³/mol. The summed E-state index contributed by atoms with van der Waals surface area (Å²) < 4.78 is 0. The topological polar surface area (TPSA) is 65.5 Å². The first-order valence-corrected chi connectivity index (χ1v) is 6.90. The number of aromatic nitrogens is 1. The molecule has 2 amide bonds. The summed E-state index contributed by atoms with van der Waals surface area (Å²) in [5.41, 5.74) is 0.740. The molecule has 0 spiro atoms. The zero-order valence-electron chi connectivity index (χ0n) is 11.7. The molecule has 1 aliphatic heterocycles. The Bertz CT molecular complexity index is 456. The monoisotopic (exact) mass is 276 g/mol. The first kappa shape index (κ1) is 14.5. The number of amides is 2. The molecule has 1 N–H and O–H groups in total. The van der Waals surface area contributed by atoms with Gasteiger partial charge in [-0.3, -0.25) is 14.6 Å². The SMILES string of the molecule is CCN1CCN(C(=O)C(=O)NCc2ccccn2)CC1. The Morgan fingerprint density at radius 2 is 2.00 bits per heavy atom. The van der Waals surface area contributed by atoms with Gasteiger partial charge in [-0.15, -0.1) is 0 Å². The number of carbonyl (C=O) groups excluding carboxylic acids is 2. The van der Waals surface area contributed by atoms with Crippen molar-refractivity contribution in [2.45, 2.75) is 13.5 Å². The highest BCUT2D eigenvalue weighted by Gasteiger charge is 2.25. The average molecular weight is 276 g/mol. The molecule has 0 saturated carbocycles. The molecule has 6 heteroatoms. The maximum absolute atomic E-state index is 12.0. The molecule has 1 saturated heterocycles. The van der Waals surface area contributed by atoms with Crippen LogP contribution in [0, 0.1) is 0 Å². The normalized spacial score (nSPS) is 15.9. The summed E-state index contributed by atoms with van der Waals surface area (Å²) in [5, 5.41) is 2.61. The molecule has 0 unspecified atom stereocenters. The van der Waals surface area contributed by atoms with Crippen molar-refractivity contribution in [3.8, 4) is 0 Å². The fraction of sp³-hybridized carbons (Fsp3) is 0.500. The number of nitrogens with one attached hydrogen (secondary N) is 1. The van der Waals surface area contributed by atoms with E-state index in [0.717, 1.165) is 25.3 Å². The van der Waals surface area contributed by atoms with Gasteiger partial charge in [-0.1, -0.05) is 13.0 Å². The molecule has 2 heterocycles. The minimum absolute atomic E-state index is 0.278. The summed E-state index contributed by atoms with van der Waals surface area (Å²) in [7, 11) is 0. The van der Waals surface area contributed by atoms with Crippen LogP contribution < -0.4 is 5.32 Å². The molecule has 1 aromatic heterocycles. The van der Waals surface area contributed by atoms with Crippen LogP contribution in [0.4, 0.5) is 0 Å². The van der Waals surface area contributed by atoms with E-state index in [2.05, 4.69) is 22.1 Å². The van der Waals surface area contributed by atoms with Crippen molar-refractivity contribution >= 4 is 11.8 Å². The maximum Gasteiger partial charge on any atom is 0.311 e. The minimum atomic E-state index is -0.555. The smallest absolute Gasteiger partial charge is 0.311 e. The Labute approximate surface area is 118 Å². The number of rotatable bonds is 3. The third-order valence-corrected chi connectivity index (χ3v) is 3.46. The molecule has 6 nitrogen and oxygen atoms in total. The van der Waals surface area contributed by atoms with Gasteiger partial charge in [-0.05, 0) is 18.7 Å². The molecule has 20 heavy (non-hydrogen) atoms. The lowest BCUT2D eigenvalue weighted by molar-refractivity contribution is -0.147. The summed E-state index contributed by atoms with van der Waals surface area (Å²) >= 11 is 0. The number of carbonyl (C=O) groups is 2. The van der Waals surface area contributed by atoms with Gasteiger partial charge in [0.2, 0.25) is 0 Å². The number of hydrogen-bond acceptors (Lipinski definition) is 4. The van der Waals surface area contributed by atoms with Crippen LogP contribution in [0.3, 0.4) is 0 Å². The van der Waals surface area contributed by atoms with Crippen molar-refractivity contribution in [3.63, 3.8) is 0 Å². The molecule has 1 aliphatic rings. The lowest BCUT2D eigenvalue weighted by Crippen LogP contribution is -2.52. The molecule has 0 aromatic carbocycles. The Hall–Kier alpha value is -1.95. The summed E-state index contributed by atoms with van der Waals surface area (Å²) in [6, 6.07) is 5.47. The summed E-state index contributed by atoms with van der Waals surface area (Å²) in [5.74, 6) is -1.00. The summed E-state index contributed by atoms with van der Waals surface area (Å²) in [4.78, 5) is 31.8. The Morgan fingerprint density at radius 1 is 1.25 bits per heavy atom. The molecular formula is C14H20N4O2. The van der Waals surface area contributed by atoms with Gasteiger partial charge < -0.3 is 15.1 Å². The maximum atomic E-state index is 12.0. The highest BCUT2D eigenvalue weighted by molar-refractivity contribution is 6.34. The average Bonchev–Trinajstić information content (AvgIpc) is 2.53. The van der Waals surface area contributed by atoms with E-state index in [-0.39, 0.29) is 6.54 Å². The Kier molecular flexibility index (Phi) is 5.06. The first-order chi connectivity index (χ1) is 9.70. The van der Waals surface area contributed by atoms with Gasteiger partial charge >= 0.3 is 11.8 Å². The predicted octanol–water partition coefficient (Wildman–Crippen LogP) is -0.138. The van der Waals surface area contributed by atoms with Gasteiger partial charge in [0.05, 0.1) is 12.2 Å². The van der Waals surface area contributed by atoms with Crippen LogP contribution in [0.5, 0.6) is 0 Å². The van der Waals surface area contributed by atoms with E-state index in [1.807, 2.05) is 18.2 Å². The molecule has 0 atom stereocenters. The van der Waals surface area contributed by atoms with Crippen molar-refractivity contribution in [2.75, 3.05) is 32.7 Å². The van der Waals surface area contributed by atoms with Crippen molar-refractivity contribution in [1.29, 1.82) is 0 Å². The van der Waals surface area contributed by atoms with E-state index in [1.165, 1.54) is 0 Å². The van der Waals surface area contributed by atoms with E-state index in [9.17, 15) is 9.59 Å². The molecule has 1 aromatic rings. The second-order valence-electron chi connectivity index (χ2n) is 4.73. The van der Waals surface area contributed by atoms with E-state index in [1.54, 1.807) is 11.1 Å². The molecule has 0 aliphatic carbocycles. The summed E-state index contributed by atoms with van der Waals surface area (Å²) in [6.07, 6.45) is 1.66. The molecule has 108 valence electrons. The van der Waals surface area contributed by atoms with Crippen LogP contribution in [0.1, 0.15) is 12.6 Å². The van der Waals surface area contributed by atoms with E-state index in [4.69, 9.17) is 0 Å². The first-order valence-electron chi connectivity index (χ1n) is 6.90. The highest BCUT2D eigenvalue weighted by Crippen LogP contribution is 2.02. The van der Waals surface area contributed by atoms with Gasteiger partial charge in [0.15, 0.2) is 0 Å². The zero-order chi connectivity index (χ0) is 14.4. The Morgan fingerprint density at radius 3 is 2.60 bits per heavy atom. The molecule has 0 radical (unpaired) electrons. The van der Waals surface area contributed by atoms with Crippen LogP contribution in [-0.2, 0) is 16.1 Å². The molecule has 0 bridgehead atoms. The second kappa shape index (κ2) is 7.00. The van der Waals surface area contributed by atoms with Crippen molar-refractivity contribution in [3.05, 3.63) is 30.1 Å². The van der Waals surface area contributed by atoms with Gasteiger partial charge in [-0.25, -0.2) is 0 Å². The van der Waals surface area contributed by atoms with Gasteiger partial charge in [0.1, 0.15) is 0 Å². The zero-order valence-corrected chi connectivity index (χ0v) is 11.7. The second-order valence-corrected chi connectivity index (χ2v) is 4.73. The fourth-order valence-electron chi connectivity index (χ4n) is 2.16. The van der Waals surface area contributed by atoms with Crippen LogP contribution in [-0.4, -0.2) is 59.3 Å². The van der Waals surface area contributed by atoms with Gasteiger partial charge in [0, 0.05) is 32.4 Å². The lowest BCUT2D eigenvalue weighted by Gasteiger charge is -2.33. The number of likely N-dealkylation sites (N-methyl/N-ethyl adjacent to an activating group) is 1. The summed E-state index contributed by atoms with van der Waals surface area (Å²) in [6.45, 7) is 6.24. The largest absolute Gasteiger partial charge is 0.342 e. The Balaban J connectivity index is 1.79. The van der Waals surface area contributed by atoms with Crippen LogP contribution >= 0.6 is 0 Å². The quantitative estimate of drug-likeness (QED) is 0.781. The van der Waals surface area contributed by atoms with Crippen LogP contribution in [0.25, 0.3) is 0 Å². The third kappa shape index (κ3) is 3.77. The van der Waals surface area contributed by atoms with E-state index in [0.29, 0.717) is 13.1 Å². The highest BCUT2D eigenvalue weighted by atomic mass is 16.2. The van der Waals surface area contributed by atoms with E-state index >= 15 is 0 Å². The van der Waals surface area contributed by atoms with Crippen LogP contribution in [0.2, 0.25) is 0 Å². The standard InChI is InChI=1S/C14H20N4O2/c1-2-17-7-9-18(10-8-17)14(20)13(19)16-11-12-5-3-4-6-15-12/h3-6H,2,7-11H2,1H3,(H,16,19). The van der Waals surface area contributed by atoms with Crippen molar-refractivity contribution < 1.29 is 9.59 Å². The fourth-order valence-corrected chi connectivity index (χ4v) is 2.16. The van der Waals surface area contributed by atoms with Gasteiger partial charge in [0.25, 0.3) is 0 Å².